The van der Waals surface area contributed by atoms with E-state index >= 15 is 0 Å². The summed E-state index contributed by atoms with van der Waals surface area (Å²) in [6, 6.07) is 4.26. The van der Waals surface area contributed by atoms with Crippen molar-refractivity contribution in [2.75, 3.05) is 23.4 Å². The first-order valence-corrected chi connectivity index (χ1v) is 9.03. The number of rotatable bonds is 4. The van der Waals surface area contributed by atoms with Gasteiger partial charge in [-0.15, -0.1) is 0 Å². The average Bonchev–Trinajstić information content (AvgIpc) is 2.74. The maximum Gasteiger partial charge on any atom is 0.250 e. The molecule has 4 heterocycles. The molecule has 148 valence electrons. The van der Waals surface area contributed by atoms with Crippen molar-refractivity contribution >= 4 is 17.4 Å². The van der Waals surface area contributed by atoms with Gasteiger partial charge in [-0.1, -0.05) is 0 Å². The lowest BCUT2D eigenvalue weighted by molar-refractivity contribution is -0.118. The smallest absolute Gasteiger partial charge is 0.250 e. The van der Waals surface area contributed by atoms with Crippen LogP contribution in [0.4, 0.5) is 15.9 Å². The molecule has 0 fully saturated rings. The van der Waals surface area contributed by atoms with Crippen LogP contribution in [0.25, 0.3) is 11.6 Å². The first kappa shape index (κ1) is 18.8. The molecule has 1 aliphatic rings. The second-order valence-corrected chi connectivity index (χ2v) is 6.53. The van der Waals surface area contributed by atoms with E-state index in [1.165, 1.54) is 0 Å². The van der Waals surface area contributed by atoms with E-state index in [1.807, 2.05) is 11.8 Å². The standard InChI is InChI=1S/C19H18FN7O2/c1-11-13-9-23-19(18-21-4-2-5-22-18)25-14(13)3-6-27(11)16-8-12(7-15(20)26-16)24-17(29)10-28/h2,4-5,7-9,11,28H,3,6,10H2,1H3,(H,24,26,29). The Morgan fingerprint density at radius 2 is 2.03 bits per heavy atom. The molecule has 0 saturated heterocycles. The molecule has 0 spiro atoms. The average molecular weight is 395 g/mol. The number of anilines is 2. The largest absolute Gasteiger partial charge is 0.387 e. The third-order valence-electron chi connectivity index (χ3n) is 4.68. The number of halogens is 1. The minimum absolute atomic E-state index is 0.153. The molecule has 4 rings (SSSR count). The molecule has 1 atom stereocenters. The summed E-state index contributed by atoms with van der Waals surface area (Å²) in [6.07, 6.45) is 5.62. The molecule has 0 aliphatic carbocycles. The predicted octanol–water partition coefficient (Wildman–Crippen LogP) is 1.52. The van der Waals surface area contributed by atoms with Crippen molar-refractivity contribution in [2.45, 2.75) is 19.4 Å². The van der Waals surface area contributed by atoms with Gasteiger partial charge >= 0.3 is 0 Å². The second kappa shape index (κ2) is 7.84. The Morgan fingerprint density at radius 1 is 1.24 bits per heavy atom. The quantitative estimate of drug-likeness (QED) is 0.639. The van der Waals surface area contributed by atoms with Crippen molar-refractivity contribution in [1.82, 2.24) is 24.9 Å². The summed E-state index contributed by atoms with van der Waals surface area (Å²) in [5.41, 5.74) is 2.02. The van der Waals surface area contributed by atoms with Crippen LogP contribution in [0, 0.1) is 5.95 Å². The monoisotopic (exact) mass is 395 g/mol. The Labute approximate surface area is 165 Å². The lowest BCUT2D eigenvalue weighted by atomic mass is 9.99. The van der Waals surface area contributed by atoms with Crippen molar-refractivity contribution in [3.05, 3.63) is 54.0 Å². The van der Waals surface area contributed by atoms with Gasteiger partial charge in [-0.2, -0.15) is 4.39 Å². The minimum atomic E-state index is -0.721. The lowest BCUT2D eigenvalue weighted by Crippen LogP contribution is -2.35. The highest BCUT2D eigenvalue weighted by Crippen LogP contribution is 2.33. The van der Waals surface area contributed by atoms with Crippen LogP contribution in [0.2, 0.25) is 0 Å². The summed E-state index contributed by atoms with van der Waals surface area (Å²) in [6.45, 7) is 1.83. The maximum absolute atomic E-state index is 14.0. The number of carbonyl (C=O) groups is 1. The normalized spacial score (nSPS) is 15.7. The van der Waals surface area contributed by atoms with Gasteiger partial charge in [0.05, 0.1) is 11.7 Å². The number of hydrogen-bond acceptors (Lipinski definition) is 8. The van der Waals surface area contributed by atoms with Gasteiger partial charge in [0, 0.05) is 54.9 Å². The van der Waals surface area contributed by atoms with E-state index in [1.54, 1.807) is 30.7 Å². The summed E-state index contributed by atoms with van der Waals surface area (Å²) < 4.78 is 14.0. The Bertz CT molecular complexity index is 1050. The van der Waals surface area contributed by atoms with Gasteiger partial charge in [-0.05, 0) is 13.0 Å². The molecule has 3 aromatic heterocycles. The molecule has 0 saturated carbocycles. The van der Waals surface area contributed by atoms with Crippen molar-refractivity contribution in [3.8, 4) is 11.6 Å². The molecule has 29 heavy (non-hydrogen) atoms. The van der Waals surface area contributed by atoms with Gasteiger partial charge in [-0.25, -0.2) is 24.9 Å². The summed E-state index contributed by atoms with van der Waals surface area (Å²) >= 11 is 0. The Hall–Kier alpha value is -3.53. The molecule has 0 aromatic carbocycles. The van der Waals surface area contributed by atoms with E-state index in [0.29, 0.717) is 30.4 Å². The number of pyridine rings is 1. The lowest BCUT2D eigenvalue weighted by Gasteiger charge is -2.35. The molecule has 0 radical (unpaired) electrons. The van der Waals surface area contributed by atoms with Gasteiger partial charge in [-0.3, -0.25) is 4.79 Å². The van der Waals surface area contributed by atoms with Crippen LogP contribution in [0.5, 0.6) is 0 Å². The van der Waals surface area contributed by atoms with Crippen molar-refractivity contribution < 1.29 is 14.3 Å². The number of aromatic nitrogens is 5. The zero-order valence-electron chi connectivity index (χ0n) is 15.6. The number of amides is 1. The fraction of sp³-hybridized carbons (Fsp3) is 0.263. The van der Waals surface area contributed by atoms with Gasteiger partial charge in [0.1, 0.15) is 12.4 Å². The number of nitrogens with zero attached hydrogens (tertiary/aromatic N) is 6. The van der Waals surface area contributed by atoms with E-state index < -0.39 is 18.5 Å². The molecule has 0 bridgehead atoms. The number of hydrogen-bond donors (Lipinski definition) is 2. The number of carbonyl (C=O) groups excluding carboxylic acids is 1. The number of aliphatic hydroxyl groups is 1. The molecule has 9 nitrogen and oxygen atoms in total. The predicted molar refractivity (Wildman–Crippen MR) is 102 cm³/mol. The third-order valence-corrected chi connectivity index (χ3v) is 4.68. The molecule has 2 N–H and O–H groups in total. The highest BCUT2D eigenvalue weighted by Gasteiger charge is 2.27. The molecular weight excluding hydrogens is 377 g/mol. The number of aliphatic hydroxyl groups excluding tert-OH is 1. The molecule has 3 aromatic rings. The highest BCUT2D eigenvalue weighted by molar-refractivity contribution is 5.91. The van der Waals surface area contributed by atoms with Crippen molar-refractivity contribution in [2.24, 2.45) is 0 Å². The van der Waals surface area contributed by atoms with E-state index in [2.05, 4.69) is 30.2 Å². The SMILES string of the molecule is CC1c2cnc(-c3ncccn3)nc2CCN1c1cc(NC(=O)CO)cc(F)n1. The van der Waals surface area contributed by atoms with Gasteiger partial charge in [0.2, 0.25) is 11.9 Å². The minimum Gasteiger partial charge on any atom is -0.387 e. The van der Waals surface area contributed by atoms with Crippen LogP contribution in [-0.2, 0) is 11.2 Å². The topological polar surface area (TPSA) is 117 Å². The van der Waals surface area contributed by atoms with Crippen LogP contribution >= 0.6 is 0 Å². The van der Waals surface area contributed by atoms with E-state index in [4.69, 9.17) is 5.11 Å². The van der Waals surface area contributed by atoms with Gasteiger partial charge < -0.3 is 15.3 Å². The fourth-order valence-electron chi connectivity index (χ4n) is 3.30. The zero-order valence-corrected chi connectivity index (χ0v) is 15.6. The summed E-state index contributed by atoms with van der Waals surface area (Å²) in [7, 11) is 0. The molecule has 1 amide bonds. The van der Waals surface area contributed by atoms with Crippen molar-refractivity contribution in [3.63, 3.8) is 0 Å². The molecule has 1 unspecified atom stereocenters. The van der Waals surface area contributed by atoms with E-state index in [-0.39, 0.29) is 11.7 Å². The number of fused-ring (bicyclic) bond motifs is 1. The number of nitrogens with one attached hydrogen (secondary N) is 1. The van der Waals surface area contributed by atoms with Crippen LogP contribution in [-0.4, -0.2) is 49.1 Å². The Kier molecular flexibility index (Phi) is 5.09. The second-order valence-electron chi connectivity index (χ2n) is 6.53. The van der Waals surface area contributed by atoms with Crippen molar-refractivity contribution in [1.29, 1.82) is 0 Å². The van der Waals surface area contributed by atoms with E-state index in [0.717, 1.165) is 17.3 Å². The molecular formula is C19H18FN7O2. The summed E-state index contributed by atoms with van der Waals surface area (Å²) in [5, 5.41) is 11.3. The molecule has 10 heteroatoms. The van der Waals surface area contributed by atoms with Crippen LogP contribution < -0.4 is 10.2 Å². The van der Waals surface area contributed by atoms with Gasteiger partial charge in [0.15, 0.2) is 11.6 Å². The fourth-order valence-corrected chi connectivity index (χ4v) is 3.30. The summed E-state index contributed by atoms with van der Waals surface area (Å²) in [4.78, 5) is 34.6. The van der Waals surface area contributed by atoms with Crippen LogP contribution in [0.3, 0.4) is 0 Å². The summed E-state index contributed by atoms with van der Waals surface area (Å²) in [5.74, 6) is -0.0413. The molecule has 1 aliphatic heterocycles. The van der Waals surface area contributed by atoms with Gasteiger partial charge in [0.25, 0.3) is 0 Å². The Balaban J connectivity index is 1.62. The highest BCUT2D eigenvalue weighted by atomic mass is 19.1. The van der Waals surface area contributed by atoms with Crippen LogP contribution in [0.15, 0.2) is 36.8 Å². The zero-order chi connectivity index (χ0) is 20.4. The first-order chi connectivity index (χ1) is 14.0. The first-order valence-electron chi connectivity index (χ1n) is 9.03. The third kappa shape index (κ3) is 3.87. The maximum atomic E-state index is 14.0. The van der Waals surface area contributed by atoms with E-state index in [9.17, 15) is 9.18 Å². The Morgan fingerprint density at radius 3 is 2.79 bits per heavy atom. The van der Waals surface area contributed by atoms with Crippen LogP contribution in [0.1, 0.15) is 24.2 Å².